The zero-order valence-electron chi connectivity index (χ0n) is 11.9. The summed E-state index contributed by atoms with van der Waals surface area (Å²) in [7, 11) is 0. The molecule has 0 aliphatic heterocycles. The SMILES string of the molecule is Cc1cc(C)c(COc2cccc(C(=O)O)c2)c(C)c1. The average molecular weight is 270 g/mol. The zero-order valence-corrected chi connectivity index (χ0v) is 11.9. The monoisotopic (exact) mass is 270 g/mol. The predicted octanol–water partition coefficient (Wildman–Crippen LogP) is 3.89. The van der Waals surface area contributed by atoms with Crippen LogP contribution in [0.5, 0.6) is 5.75 Å². The van der Waals surface area contributed by atoms with Crippen LogP contribution in [0.15, 0.2) is 36.4 Å². The molecule has 0 saturated carbocycles. The normalized spacial score (nSPS) is 10.3. The van der Waals surface area contributed by atoms with Crippen molar-refractivity contribution in [1.82, 2.24) is 0 Å². The quantitative estimate of drug-likeness (QED) is 0.916. The van der Waals surface area contributed by atoms with Crippen molar-refractivity contribution in [3.8, 4) is 5.75 Å². The van der Waals surface area contributed by atoms with Crippen LogP contribution >= 0.6 is 0 Å². The fourth-order valence-corrected chi connectivity index (χ4v) is 2.31. The third-order valence-electron chi connectivity index (χ3n) is 3.30. The maximum atomic E-state index is 10.9. The highest BCUT2D eigenvalue weighted by molar-refractivity contribution is 5.87. The van der Waals surface area contributed by atoms with E-state index in [1.165, 1.54) is 16.7 Å². The van der Waals surface area contributed by atoms with Crippen LogP contribution in [0, 0.1) is 20.8 Å². The number of rotatable bonds is 4. The van der Waals surface area contributed by atoms with Crippen LogP contribution in [0.2, 0.25) is 0 Å². The van der Waals surface area contributed by atoms with Gasteiger partial charge >= 0.3 is 5.97 Å². The van der Waals surface area contributed by atoms with Gasteiger partial charge in [0.25, 0.3) is 0 Å². The van der Waals surface area contributed by atoms with Crippen molar-refractivity contribution in [3.05, 3.63) is 64.2 Å². The first-order valence-electron chi connectivity index (χ1n) is 6.50. The van der Waals surface area contributed by atoms with Gasteiger partial charge in [-0.2, -0.15) is 0 Å². The first-order chi connectivity index (χ1) is 9.47. The Kier molecular flexibility index (Phi) is 4.08. The summed E-state index contributed by atoms with van der Waals surface area (Å²) in [4.78, 5) is 10.9. The van der Waals surface area contributed by atoms with E-state index >= 15 is 0 Å². The molecule has 0 saturated heterocycles. The Balaban J connectivity index is 2.17. The van der Waals surface area contributed by atoms with E-state index in [1.807, 2.05) is 0 Å². The third-order valence-corrected chi connectivity index (χ3v) is 3.30. The molecular weight excluding hydrogens is 252 g/mol. The predicted molar refractivity (Wildman–Crippen MR) is 78.4 cm³/mol. The van der Waals surface area contributed by atoms with Gasteiger partial charge < -0.3 is 9.84 Å². The molecule has 0 aliphatic carbocycles. The van der Waals surface area contributed by atoms with Gasteiger partial charge in [-0.15, -0.1) is 0 Å². The van der Waals surface area contributed by atoms with E-state index in [1.54, 1.807) is 24.3 Å². The Morgan fingerprint density at radius 1 is 1.10 bits per heavy atom. The zero-order chi connectivity index (χ0) is 14.7. The summed E-state index contributed by atoms with van der Waals surface area (Å²) in [6, 6.07) is 10.8. The number of benzene rings is 2. The first kappa shape index (κ1) is 14.1. The minimum atomic E-state index is -0.946. The highest BCUT2D eigenvalue weighted by atomic mass is 16.5. The van der Waals surface area contributed by atoms with Crippen molar-refractivity contribution in [1.29, 1.82) is 0 Å². The molecule has 2 rings (SSSR count). The van der Waals surface area contributed by atoms with Crippen LogP contribution in [0.25, 0.3) is 0 Å². The van der Waals surface area contributed by atoms with E-state index in [-0.39, 0.29) is 5.56 Å². The summed E-state index contributed by atoms with van der Waals surface area (Å²) >= 11 is 0. The van der Waals surface area contributed by atoms with Gasteiger partial charge in [0, 0.05) is 0 Å². The van der Waals surface area contributed by atoms with Gasteiger partial charge in [0.1, 0.15) is 12.4 Å². The molecule has 0 fully saturated rings. The summed E-state index contributed by atoms with van der Waals surface area (Å²) in [5.74, 6) is -0.373. The summed E-state index contributed by atoms with van der Waals surface area (Å²) in [6.45, 7) is 6.64. The molecule has 2 aromatic rings. The molecule has 3 nitrogen and oxygen atoms in total. The molecule has 0 heterocycles. The fourth-order valence-electron chi connectivity index (χ4n) is 2.31. The van der Waals surface area contributed by atoms with E-state index in [9.17, 15) is 4.79 Å². The lowest BCUT2D eigenvalue weighted by atomic mass is 10.0. The second kappa shape index (κ2) is 5.78. The number of carboxylic acid groups (broad SMARTS) is 1. The smallest absolute Gasteiger partial charge is 0.335 e. The molecule has 0 radical (unpaired) electrons. The second-order valence-electron chi connectivity index (χ2n) is 5.00. The first-order valence-corrected chi connectivity index (χ1v) is 6.50. The standard InChI is InChI=1S/C17H18O3/c1-11-7-12(2)16(13(3)8-11)10-20-15-6-4-5-14(9-15)17(18)19/h4-9H,10H2,1-3H3,(H,18,19). The van der Waals surface area contributed by atoms with Gasteiger partial charge in [-0.25, -0.2) is 4.79 Å². The molecule has 0 spiro atoms. The van der Waals surface area contributed by atoms with Crippen molar-refractivity contribution < 1.29 is 14.6 Å². The molecule has 0 bridgehead atoms. The van der Waals surface area contributed by atoms with Gasteiger partial charge in [-0.1, -0.05) is 23.8 Å². The van der Waals surface area contributed by atoms with Crippen molar-refractivity contribution in [2.75, 3.05) is 0 Å². The van der Waals surface area contributed by atoms with Crippen LogP contribution in [-0.2, 0) is 6.61 Å². The largest absolute Gasteiger partial charge is 0.489 e. The number of carbonyl (C=O) groups is 1. The Bertz CT molecular complexity index is 621. The lowest BCUT2D eigenvalue weighted by Crippen LogP contribution is -2.02. The highest BCUT2D eigenvalue weighted by Gasteiger charge is 2.07. The van der Waals surface area contributed by atoms with Crippen LogP contribution in [0.3, 0.4) is 0 Å². The average Bonchev–Trinajstić information content (AvgIpc) is 2.37. The molecular formula is C17H18O3. The summed E-state index contributed by atoms with van der Waals surface area (Å²) in [5.41, 5.74) is 5.00. The van der Waals surface area contributed by atoms with Crippen LogP contribution in [0.1, 0.15) is 32.6 Å². The number of ether oxygens (including phenoxy) is 1. The number of carboxylic acids is 1. The van der Waals surface area contributed by atoms with E-state index in [0.717, 1.165) is 5.56 Å². The number of aryl methyl sites for hydroxylation is 3. The summed E-state index contributed by atoms with van der Waals surface area (Å²) < 4.78 is 5.72. The molecule has 2 aromatic carbocycles. The maximum Gasteiger partial charge on any atom is 0.335 e. The third kappa shape index (κ3) is 3.18. The van der Waals surface area contributed by atoms with Crippen LogP contribution in [0.4, 0.5) is 0 Å². The molecule has 104 valence electrons. The molecule has 0 unspecified atom stereocenters. The van der Waals surface area contributed by atoms with Gasteiger partial charge in [-0.3, -0.25) is 0 Å². The molecule has 3 heteroatoms. The van der Waals surface area contributed by atoms with Crippen molar-refractivity contribution >= 4 is 5.97 Å². The van der Waals surface area contributed by atoms with Crippen molar-refractivity contribution in [2.45, 2.75) is 27.4 Å². The van der Waals surface area contributed by atoms with E-state index in [2.05, 4.69) is 32.9 Å². The Hall–Kier alpha value is -2.29. The van der Waals surface area contributed by atoms with Gasteiger partial charge in [0.2, 0.25) is 0 Å². The Labute approximate surface area is 118 Å². The van der Waals surface area contributed by atoms with E-state index in [4.69, 9.17) is 9.84 Å². The number of hydrogen-bond acceptors (Lipinski definition) is 2. The number of hydrogen-bond donors (Lipinski definition) is 1. The second-order valence-corrected chi connectivity index (χ2v) is 5.00. The molecule has 1 N–H and O–H groups in total. The minimum Gasteiger partial charge on any atom is -0.489 e. The molecule has 0 aromatic heterocycles. The minimum absolute atomic E-state index is 0.236. The maximum absolute atomic E-state index is 10.9. The van der Waals surface area contributed by atoms with Crippen molar-refractivity contribution in [3.63, 3.8) is 0 Å². The van der Waals surface area contributed by atoms with Crippen LogP contribution in [-0.4, -0.2) is 11.1 Å². The fraction of sp³-hybridized carbons (Fsp3) is 0.235. The van der Waals surface area contributed by atoms with E-state index < -0.39 is 5.97 Å². The topological polar surface area (TPSA) is 46.5 Å². The molecule has 0 aliphatic rings. The van der Waals surface area contributed by atoms with E-state index in [0.29, 0.717) is 12.4 Å². The molecule has 0 atom stereocenters. The molecule has 20 heavy (non-hydrogen) atoms. The lowest BCUT2D eigenvalue weighted by Gasteiger charge is -2.13. The van der Waals surface area contributed by atoms with Crippen molar-refractivity contribution in [2.24, 2.45) is 0 Å². The summed E-state index contributed by atoms with van der Waals surface area (Å²) in [5, 5.41) is 8.96. The Morgan fingerprint density at radius 2 is 1.75 bits per heavy atom. The van der Waals surface area contributed by atoms with Gasteiger partial charge in [-0.05, 0) is 55.7 Å². The lowest BCUT2D eigenvalue weighted by molar-refractivity contribution is 0.0696. The van der Waals surface area contributed by atoms with Crippen LogP contribution < -0.4 is 4.74 Å². The van der Waals surface area contributed by atoms with Gasteiger partial charge in [0.15, 0.2) is 0 Å². The molecule has 0 amide bonds. The highest BCUT2D eigenvalue weighted by Crippen LogP contribution is 2.20. The Morgan fingerprint density at radius 3 is 2.35 bits per heavy atom. The number of aromatic carboxylic acids is 1. The summed E-state index contributed by atoms with van der Waals surface area (Å²) in [6.07, 6.45) is 0. The van der Waals surface area contributed by atoms with Gasteiger partial charge in [0.05, 0.1) is 5.56 Å².